The van der Waals surface area contributed by atoms with Crippen LogP contribution in [0, 0.1) is 11.3 Å². The van der Waals surface area contributed by atoms with Crippen molar-refractivity contribution in [2.75, 3.05) is 6.54 Å². The van der Waals surface area contributed by atoms with Crippen molar-refractivity contribution in [3.05, 3.63) is 20.8 Å². The molecule has 0 aromatic carbocycles. The number of ketones is 1. The van der Waals surface area contributed by atoms with Gasteiger partial charge in [0.15, 0.2) is 0 Å². The molecule has 0 radical (unpaired) electrons. The molecule has 1 rings (SSSR count). The number of rotatable bonds is 7. The molecular formula is C15H24BrNOS. The van der Waals surface area contributed by atoms with Crippen molar-refractivity contribution in [3.63, 3.8) is 0 Å². The lowest BCUT2D eigenvalue weighted by Gasteiger charge is -2.30. The second-order valence-electron chi connectivity index (χ2n) is 6.13. The monoisotopic (exact) mass is 345 g/mol. The molecule has 2 N–H and O–H groups in total. The molecule has 1 aromatic rings. The van der Waals surface area contributed by atoms with E-state index >= 15 is 0 Å². The fraction of sp³-hybridized carbons (Fsp3) is 0.667. The lowest BCUT2D eigenvalue weighted by Crippen LogP contribution is -2.24. The number of thiophene rings is 1. The molecule has 0 aliphatic rings. The van der Waals surface area contributed by atoms with Gasteiger partial charge in [0.05, 0.1) is 0 Å². The van der Waals surface area contributed by atoms with E-state index in [4.69, 9.17) is 5.73 Å². The van der Waals surface area contributed by atoms with E-state index in [1.54, 1.807) is 11.3 Å². The molecule has 0 aliphatic heterocycles. The van der Waals surface area contributed by atoms with Crippen LogP contribution in [0.2, 0.25) is 0 Å². The van der Waals surface area contributed by atoms with E-state index in [0.717, 1.165) is 22.2 Å². The number of Topliss-reactive ketones (excluding diaryl/α,β-unsaturated/α-hetero) is 1. The summed E-state index contributed by atoms with van der Waals surface area (Å²) in [6.07, 6.45) is 3.18. The molecule has 0 bridgehead atoms. The first-order valence-corrected chi connectivity index (χ1v) is 8.45. The second kappa shape index (κ2) is 7.55. The quantitative estimate of drug-likeness (QED) is 0.794. The fourth-order valence-electron chi connectivity index (χ4n) is 2.28. The molecule has 19 heavy (non-hydrogen) atoms. The van der Waals surface area contributed by atoms with Crippen LogP contribution in [0.5, 0.6) is 0 Å². The molecule has 0 aliphatic carbocycles. The predicted molar refractivity (Wildman–Crippen MR) is 86.6 cm³/mol. The summed E-state index contributed by atoms with van der Waals surface area (Å²) in [5, 5.41) is 2.02. The van der Waals surface area contributed by atoms with E-state index in [0.29, 0.717) is 31.1 Å². The van der Waals surface area contributed by atoms with Crippen LogP contribution in [0.3, 0.4) is 0 Å². The average molecular weight is 346 g/mol. The lowest BCUT2D eigenvalue weighted by atomic mass is 9.76. The highest BCUT2D eigenvalue weighted by Gasteiger charge is 2.24. The summed E-state index contributed by atoms with van der Waals surface area (Å²) in [4.78, 5) is 13.2. The predicted octanol–water partition coefficient (Wildman–Crippen LogP) is 4.41. The number of hydrogen-bond donors (Lipinski definition) is 1. The molecule has 0 spiro atoms. The Kier molecular flexibility index (Phi) is 6.71. The fourth-order valence-corrected chi connectivity index (χ4v) is 3.76. The Labute approximate surface area is 128 Å². The molecule has 1 unspecified atom stereocenters. The Morgan fingerprint density at radius 3 is 2.58 bits per heavy atom. The lowest BCUT2D eigenvalue weighted by molar-refractivity contribution is -0.118. The third-order valence-electron chi connectivity index (χ3n) is 3.50. The summed E-state index contributed by atoms with van der Waals surface area (Å²) < 4.78 is 1.07. The summed E-state index contributed by atoms with van der Waals surface area (Å²) in [6, 6.07) is 2.03. The standard InChI is InChI=1S/C15H24BrNOS/c1-15(2,3)11(6-7-17)4-5-13(18)9-14-8-12(16)10-19-14/h8,10-11H,4-7,9,17H2,1-3H3. The van der Waals surface area contributed by atoms with Gasteiger partial charge in [-0.2, -0.15) is 0 Å². The van der Waals surface area contributed by atoms with Gasteiger partial charge in [-0.15, -0.1) is 11.3 Å². The first kappa shape index (κ1) is 16.9. The van der Waals surface area contributed by atoms with Gasteiger partial charge in [-0.3, -0.25) is 4.79 Å². The topological polar surface area (TPSA) is 43.1 Å². The van der Waals surface area contributed by atoms with Crippen molar-refractivity contribution in [2.24, 2.45) is 17.1 Å². The third kappa shape index (κ3) is 6.19. The Balaban J connectivity index is 2.43. The summed E-state index contributed by atoms with van der Waals surface area (Å²) in [6.45, 7) is 7.39. The molecule has 0 fully saturated rings. The van der Waals surface area contributed by atoms with Gasteiger partial charge in [0.2, 0.25) is 0 Å². The summed E-state index contributed by atoms with van der Waals surface area (Å²) >= 11 is 5.06. The van der Waals surface area contributed by atoms with E-state index in [-0.39, 0.29) is 5.41 Å². The largest absolute Gasteiger partial charge is 0.330 e. The van der Waals surface area contributed by atoms with Crippen molar-refractivity contribution in [1.82, 2.24) is 0 Å². The Morgan fingerprint density at radius 1 is 1.42 bits per heavy atom. The zero-order chi connectivity index (χ0) is 14.5. The van der Waals surface area contributed by atoms with Gasteiger partial charge in [-0.05, 0) is 52.7 Å². The second-order valence-corrected chi connectivity index (χ2v) is 8.04. The van der Waals surface area contributed by atoms with Crippen LogP contribution in [0.15, 0.2) is 15.9 Å². The maximum atomic E-state index is 12.0. The highest BCUT2D eigenvalue weighted by molar-refractivity contribution is 9.10. The summed E-state index contributed by atoms with van der Waals surface area (Å²) in [5.41, 5.74) is 5.90. The van der Waals surface area contributed by atoms with Crippen LogP contribution in [-0.4, -0.2) is 12.3 Å². The van der Waals surface area contributed by atoms with Crippen molar-refractivity contribution in [3.8, 4) is 0 Å². The number of carbonyl (C=O) groups excluding carboxylic acids is 1. The molecule has 0 amide bonds. The maximum Gasteiger partial charge on any atom is 0.138 e. The minimum atomic E-state index is 0.228. The minimum Gasteiger partial charge on any atom is -0.330 e. The average Bonchev–Trinajstić information content (AvgIpc) is 2.68. The van der Waals surface area contributed by atoms with E-state index in [1.165, 1.54) is 0 Å². The van der Waals surface area contributed by atoms with Gasteiger partial charge in [0.1, 0.15) is 5.78 Å². The van der Waals surface area contributed by atoms with E-state index in [9.17, 15) is 4.79 Å². The van der Waals surface area contributed by atoms with Gasteiger partial charge in [-0.1, -0.05) is 20.8 Å². The van der Waals surface area contributed by atoms with Crippen molar-refractivity contribution < 1.29 is 4.79 Å². The first-order valence-electron chi connectivity index (χ1n) is 6.77. The highest BCUT2D eigenvalue weighted by Crippen LogP contribution is 2.32. The van der Waals surface area contributed by atoms with Gasteiger partial charge < -0.3 is 5.73 Å². The molecule has 0 saturated carbocycles. The van der Waals surface area contributed by atoms with Gasteiger partial charge in [-0.25, -0.2) is 0 Å². The SMILES string of the molecule is CC(C)(C)C(CCN)CCC(=O)Cc1cc(Br)cs1. The molecule has 0 saturated heterocycles. The van der Waals surface area contributed by atoms with E-state index < -0.39 is 0 Å². The van der Waals surface area contributed by atoms with Crippen LogP contribution in [0.1, 0.15) is 44.9 Å². The summed E-state index contributed by atoms with van der Waals surface area (Å²) in [7, 11) is 0. The maximum absolute atomic E-state index is 12.0. The van der Waals surface area contributed by atoms with Crippen LogP contribution < -0.4 is 5.73 Å². The zero-order valence-electron chi connectivity index (χ0n) is 12.0. The molecular weight excluding hydrogens is 322 g/mol. The van der Waals surface area contributed by atoms with Gasteiger partial charge in [0, 0.05) is 27.6 Å². The molecule has 4 heteroatoms. The molecule has 2 nitrogen and oxygen atoms in total. The van der Waals surface area contributed by atoms with Crippen molar-refractivity contribution in [1.29, 1.82) is 0 Å². The zero-order valence-corrected chi connectivity index (χ0v) is 14.4. The highest BCUT2D eigenvalue weighted by atomic mass is 79.9. The minimum absolute atomic E-state index is 0.228. The number of carbonyl (C=O) groups is 1. The van der Waals surface area contributed by atoms with Gasteiger partial charge >= 0.3 is 0 Å². The van der Waals surface area contributed by atoms with Crippen molar-refractivity contribution >= 4 is 33.0 Å². The Hall–Kier alpha value is -0.190. The molecule has 1 atom stereocenters. The van der Waals surface area contributed by atoms with Crippen LogP contribution >= 0.6 is 27.3 Å². The number of hydrogen-bond acceptors (Lipinski definition) is 3. The Morgan fingerprint density at radius 2 is 2.11 bits per heavy atom. The molecule has 1 aromatic heterocycles. The normalized spacial score (nSPS) is 13.5. The van der Waals surface area contributed by atoms with Crippen LogP contribution in [0.25, 0.3) is 0 Å². The molecule has 108 valence electrons. The van der Waals surface area contributed by atoms with Gasteiger partial charge in [0.25, 0.3) is 0 Å². The third-order valence-corrected chi connectivity index (χ3v) is 5.20. The van der Waals surface area contributed by atoms with E-state index in [2.05, 4.69) is 36.7 Å². The van der Waals surface area contributed by atoms with Crippen molar-refractivity contribution in [2.45, 2.75) is 46.5 Å². The van der Waals surface area contributed by atoms with E-state index in [1.807, 2.05) is 11.4 Å². The Bertz CT molecular complexity index is 409. The first-order chi connectivity index (χ1) is 8.82. The molecule has 1 heterocycles. The number of nitrogens with two attached hydrogens (primary N) is 1. The smallest absolute Gasteiger partial charge is 0.138 e. The van der Waals surface area contributed by atoms with Crippen LogP contribution in [-0.2, 0) is 11.2 Å². The summed E-state index contributed by atoms with van der Waals surface area (Å²) in [5.74, 6) is 0.858. The van der Waals surface area contributed by atoms with Crippen LogP contribution in [0.4, 0.5) is 0 Å². The number of halogens is 1.